The highest BCUT2D eigenvalue weighted by molar-refractivity contribution is 6.30. The molecule has 1 N–H and O–H groups in total. The van der Waals surface area contributed by atoms with E-state index in [2.05, 4.69) is 24.6 Å². The quantitative estimate of drug-likeness (QED) is 0.720. The highest BCUT2D eigenvalue weighted by Crippen LogP contribution is 2.08. The van der Waals surface area contributed by atoms with Crippen LogP contribution in [0.3, 0.4) is 0 Å². The normalized spacial score (nSPS) is 10.2. The van der Waals surface area contributed by atoms with Crippen LogP contribution in [0.4, 0.5) is 0 Å². The second kappa shape index (κ2) is 2.98. The van der Waals surface area contributed by atoms with E-state index in [1.807, 2.05) is 0 Å². The van der Waals surface area contributed by atoms with Crippen LogP contribution in [-0.2, 0) is 0 Å². The van der Waals surface area contributed by atoms with E-state index in [1.165, 1.54) is 12.4 Å². The first-order chi connectivity index (χ1) is 6.25. The van der Waals surface area contributed by atoms with Crippen molar-refractivity contribution in [3.8, 4) is 11.6 Å². The van der Waals surface area contributed by atoms with Crippen LogP contribution < -0.4 is 5.76 Å². The van der Waals surface area contributed by atoms with Crippen LogP contribution in [0.2, 0.25) is 5.02 Å². The summed E-state index contributed by atoms with van der Waals surface area (Å²) in [6, 6.07) is 0. The van der Waals surface area contributed by atoms with Crippen LogP contribution in [0.1, 0.15) is 0 Å². The van der Waals surface area contributed by atoms with Crippen LogP contribution in [-0.4, -0.2) is 20.1 Å². The van der Waals surface area contributed by atoms with E-state index in [0.29, 0.717) is 5.02 Å². The van der Waals surface area contributed by atoms with Gasteiger partial charge in [0.25, 0.3) is 0 Å². The lowest BCUT2D eigenvalue weighted by Gasteiger charge is -1.91. The fourth-order valence-electron chi connectivity index (χ4n) is 0.761. The van der Waals surface area contributed by atoms with Gasteiger partial charge in [-0.1, -0.05) is 16.8 Å². The Kier molecular flexibility index (Phi) is 1.82. The standard InChI is InChI=1S/C6H3ClN4O2/c7-3-1-8-4(9-2-3)5-10-6(12)13-11-5/h1-2H,(H,10,11,12). The number of hydrogen-bond acceptors (Lipinski definition) is 5. The summed E-state index contributed by atoms with van der Waals surface area (Å²) in [5, 5.41) is 3.82. The van der Waals surface area contributed by atoms with Crippen LogP contribution in [0.5, 0.6) is 0 Å². The van der Waals surface area contributed by atoms with E-state index in [4.69, 9.17) is 11.6 Å². The van der Waals surface area contributed by atoms with Crippen molar-refractivity contribution in [2.45, 2.75) is 0 Å². The Balaban J connectivity index is 2.47. The molecule has 0 saturated carbocycles. The summed E-state index contributed by atoms with van der Waals surface area (Å²) in [6.07, 6.45) is 2.80. The van der Waals surface area contributed by atoms with Gasteiger partial charge in [-0.25, -0.2) is 14.8 Å². The Hall–Kier alpha value is -1.69. The molecule has 0 aromatic carbocycles. The Labute approximate surface area is 76.6 Å². The minimum atomic E-state index is -0.645. The molecule has 7 heteroatoms. The zero-order valence-electron chi connectivity index (χ0n) is 6.19. The van der Waals surface area contributed by atoms with E-state index in [9.17, 15) is 4.79 Å². The van der Waals surface area contributed by atoms with Gasteiger partial charge in [0.05, 0.1) is 5.02 Å². The van der Waals surface area contributed by atoms with Gasteiger partial charge in [0, 0.05) is 12.4 Å². The Bertz CT molecular complexity index is 460. The predicted molar refractivity (Wildman–Crippen MR) is 43.2 cm³/mol. The molecule has 2 aromatic rings. The summed E-state index contributed by atoms with van der Waals surface area (Å²) >= 11 is 5.56. The molecule has 0 unspecified atom stereocenters. The summed E-state index contributed by atoms with van der Waals surface area (Å²) in [5.74, 6) is -0.203. The maximum atomic E-state index is 10.6. The molecule has 0 radical (unpaired) electrons. The van der Waals surface area contributed by atoms with Gasteiger partial charge in [0.2, 0.25) is 5.82 Å². The Morgan fingerprint density at radius 3 is 2.62 bits per heavy atom. The third kappa shape index (κ3) is 1.57. The van der Waals surface area contributed by atoms with Crippen molar-refractivity contribution in [1.29, 1.82) is 0 Å². The van der Waals surface area contributed by atoms with Crippen molar-refractivity contribution in [1.82, 2.24) is 20.1 Å². The first-order valence-corrected chi connectivity index (χ1v) is 3.67. The maximum Gasteiger partial charge on any atom is 0.439 e. The van der Waals surface area contributed by atoms with Gasteiger partial charge in [-0.15, -0.1) is 0 Å². The molecule has 0 amide bonds. The SMILES string of the molecule is O=c1[nH]c(-c2ncc(Cl)cn2)no1. The zero-order chi connectivity index (χ0) is 9.26. The monoisotopic (exact) mass is 198 g/mol. The summed E-state index contributed by atoms with van der Waals surface area (Å²) < 4.78 is 4.28. The van der Waals surface area contributed by atoms with Gasteiger partial charge in [0.1, 0.15) is 0 Å². The lowest BCUT2D eigenvalue weighted by atomic mass is 10.5. The molecule has 0 atom stereocenters. The molecule has 13 heavy (non-hydrogen) atoms. The van der Waals surface area contributed by atoms with Gasteiger partial charge < -0.3 is 0 Å². The lowest BCUT2D eigenvalue weighted by molar-refractivity contribution is 0.387. The lowest BCUT2D eigenvalue weighted by Crippen LogP contribution is -1.96. The average Bonchev–Trinajstić information content (AvgIpc) is 2.53. The van der Waals surface area contributed by atoms with E-state index >= 15 is 0 Å². The first-order valence-electron chi connectivity index (χ1n) is 3.29. The summed E-state index contributed by atoms with van der Waals surface area (Å²) in [7, 11) is 0. The van der Waals surface area contributed by atoms with E-state index in [-0.39, 0.29) is 11.6 Å². The topological polar surface area (TPSA) is 84.7 Å². The number of H-pyrrole nitrogens is 1. The van der Waals surface area contributed by atoms with Crippen molar-refractivity contribution < 1.29 is 4.52 Å². The minimum Gasteiger partial charge on any atom is -0.295 e. The predicted octanol–water partition coefficient (Wildman–Crippen LogP) is 0.473. The minimum absolute atomic E-state index is 0.182. The highest BCUT2D eigenvalue weighted by atomic mass is 35.5. The fraction of sp³-hybridized carbons (Fsp3) is 0. The number of rotatable bonds is 1. The van der Waals surface area contributed by atoms with Gasteiger partial charge in [-0.05, 0) is 0 Å². The molecular weight excluding hydrogens is 196 g/mol. The van der Waals surface area contributed by atoms with Crippen molar-refractivity contribution in [3.63, 3.8) is 0 Å². The number of aromatic nitrogens is 4. The van der Waals surface area contributed by atoms with Gasteiger partial charge in [-0.3, -0.25) is 9.51 Å². The largest absolute Gasteiger partial charge is 0.439 e. The number of nitrogens with one attached hydrogen (secondary N) is 1. The van der Waals surface area contributed by atoms with Crippen molar-refractivity contribution >= 4 is 11.6 Å². The molecule has 0 saturated heterocycles. The smallest absolute Gasteiger partial charge is 0.295 e. The Morgan fingerprint density at radius 2 is 2.08 bits per heavy atom. The van der Waals surface area contributed by atoms with Crippen LogP contribution >= 0.6 is 11.6 Å². The molecule has 2 aromatic heterocycles. The van der Waals surface area contributed by atoms with Crippen molar-refractivity contribution in [2.75, 3.05) is 0 Å². The van der Waals surface area contributed by atoms with Crippen LogP contribution in [0.15, 0.2) is 21.7 Å². The highest BCUT2D eigenvalue weighted by Gasteiger charge is 2.05. The summed E-state index contributed by atoms with van der Waals surface area (Å²) in [6.45, 7) is 0. The Morgan fingerprint density at radius 1 is 1.38 bits per heavy atom. The molecule has 66 valence electrons. The van der Waals surface area contributed by atoms with Crippen LogP contribution in [0.25, 0.3) is 11.6 Å². The second-order valence-electron chi connectivity index (χ2n) is 2.17. The summed E-state index contributed by atoms with van der Waals surface area (Å²) in [5.41, 5.74) is 0. The molecule has 6 nitrogen and oxygen atoms in total. The molecule has 0 fully saturated rings. The summed E-state index contributed by atoms with van der Waals surface area (Å²) in [4.78, 5) is 20.5. The molecule has 0 bridgehead atoms. The second-order valence-corrected chi connectivity index (χ2v) is 2.60. The fourth-order valence-corrected chi connectivity index (χ4v) is 0.858. The number of aromatic amines is 1. The van der Waals surface area contributed by atoms with Crippen LogP contribution in [0, 0.1) is 0 Å². The van der Waals surface area contributed by atoms with Crippen molar-refractivity contribution in [3.05, 3.63) is 28.0 Å². The number of halogens is 1. The van der Waals surface area contributed by atoms with E-state index < -0.39 is 5.76 Å². The molecular formula is C6H3ClN4O2. The van der Waals surface area contributed by atoms with E-state index in [0.717, 1.165) is 0 Å². The van der Waals surface area contributed by atoms with E-state index in [1.54, 1.807) is 0 Å². The van der Waals surface area contributed by atoms with Crippen molar-refractivity contribution in [2.24, 2.45) is 0 Å². The molecule has 0 aliphatic carbocycles. The van der Waals surface area contributed by atoms with Gasteiger partial charge >= 0.3 is 5.76 Å². The number of hydrogen-bond donors (Lipinski definition) is 1. The zero-order valence-corrected chi connectivity index (χ0v) is 6.95. The third-order valence-corrected chi connectivity index (χ3v) is 1.47. The molecule has 0 aliphatic heterocycles. The van der Waals surface area contributed by atoms with Gasteiger partial charge in [-0.2, -0.15) is 0 Å². The average molecular weight is 199 g/mol. The molecule has 2 heterocycles. The maximum absolute atomic E-state index is 10.6. The molecule has 0 spiro atoms. The first kappa shape index (κ1) is 7.93. The number of nitrogens with zero attached hydrogens (tertiary/aromatic N) is 3. The molecule has 2 rings (SSSR count). The molecule has 0 aliphatic rings. The third-order valence-electron chi connectivity index (χ3n) is 1.27. The van der Waals surface area contributed by atoms with Gasteiger partial charge in [0.15, 0.2) is 5.82 Å².